The lowest BCUT2D eigenvalue weighted by molar-refractivity contribution is 0.104. The number of aliphatic imine (C=N–C) groups is 1. The van der Waals surface area contributed by atoms with Crippen LogP contribution in [0.15, 0.2) is 4.99 Å². The lowest BCUT2D eigenvalue weighted by atomic mass is 9.64. The molecule has 1 aliphatic rings. The minimum absolute atomic E-state index is 0. The van der Waals surface area contributed by atoms with Gasteiger partial charge in [0.05, 0.1) is 5.75 Å². The first-order valence-electron chi connectivity index (χ1n) is 8.24. The number of nitrogens with one attached hydrogen (secondary N) is 3. The molecule has 0 amide bonds. The van der Waals surface area contributed by atoms with Gasteiger partial charge >= 0.3 is 0 Å². The van der Waals surface area contributed by atoms with Crippen LogP contribution in [0.2, 0.25) is 0 Å². The Bertz CT molecular complexity index is 462. The van der Waals surface area contributed by atoms with Crippen molar-refractivity contribution in [3.63, 3.8) is 0 Å². The molecule has 23 heavy (non-hydrogen) atoms. The zero-order valence-electron chi connectivity index (χ0n) is 14.8. The van der Waals surface area contributed by atoms with Crippen LogP contribution in [0.1, 0.15) is 46.5 Å². The van der Waals surface area contributed by atoms with Crippen molar-refractivity contribution < 1.29 is 8.42 Å². The molecule has 1 rings (SSSR count). The predicted octanol–water partition coefficient (Wildman–Crippen LogP) is 1.93. The molecule has 0 bridgehead atoms. The summed E-state index contributed by atoms with van der Waals surface area (Å²) in [5.74, 6) is 1.56. The van der Waals surface area contributed by atoms with E-state index in [1.54, 1.807) is 14.0 Å². The lowest BCUT2D eigenvalue weighted by Crippen LogP contribution is -2.48. The maximum Gasteiger partial charge on any atom is 0.211 e. The second-order valence-electron chi connectivity index (χ2n) is 6.60. The second kappa shape index (κ2) is 10.7. The predicted molar refractivity (Wildman–Crippen MR) is 108 cm³/mol. The van der Waals surface area contributed by atoms with Gasteiger partial charge in [-0.15, -0.1) is 24.0 Å². The summed E-state index contributed by atoms with van der Waals surface area (Å²) >= 11 is 0. The number of sulfonamides is 1. The number of nitrogens with zero attached hydrogens (tertiary/aromatic N) is 1. The Morgan fingerprint density at radius 3 is 2.30 bits per heavy atom. The summed E-state index contributed by atoms with van der Waals surface area (Å²) in [5, 5.41) is 6.54. The first-order chi connectivity index (χ1) is 10.3. The standard InChI is InChI=1S/C15H32N4O2S.HI/c1-5-22(20,21)19-10-9-17-14(16-4)18-12-15(7-6-8-15)11-13(2)3;/h13,19H,5-12H2,1-4H3,(H2,16,17,18);1H. The molecule has 0 aliphatic heterocycles. The molecule has 0 radical (unpaired) electrons. The van der Waals surface area contributed by atoms with Gasteiger partial charge in [0.25, 0.3) is 0 Å². The summed E-state index contributed by atoms with van der Waals surface area (Å²) < 4.78 is 25.2. The molecule has 138 valence electrons. The van der Waals surface area contributed by atoms with E-state index in [1.165, 1.54) is 25.7 Å². The Morgan fingerprint density at radius 2 is 1.87 bits per heavy atom. The first-order valence-corrected chi connectivity index (χ1v) is 9.89. The van der Waals surface area contributed by atoms with Crippen molar-refractivity contribution in [3.8, 4) is 0 Å². The van der Waals surface area contributed by atoms with Crippen LogP contribution in [-0.4, -0.2) is 46.8 Å². The van der Waals surface area contributed by atoms with Gasteiger partial charge in [0.15, 0.2) is 5.96 Å². The van der Waals surface area contributed by atoms with E-state index in [4.69, 9.17) is 0 Å². The van der Waals surface area contributed by atoms with E-state index in [1.807, 2.05) is 0 Å². The minimum atomic E-state index is -3.12. The molecular weight excluding hydrogens is 427 g/mol. The number of hydrogen-bond donors (Lipinski definition) is 3. The Kier molecular flexibility index (Phi) is 10.7. The summed E-state index contributed by atoms with van der Waals surface area (Å²) in [5.41, 5.74) is 0.412. The van der Waals surface area contributed by atoms with E-state index in [9.17, 15) is 8.42 Å². The van der Waals surface area contributed by atoms with Crippen LogP contribution >= 0.6 is 24.0 Å². The van der Waals surface area contributed by atoms with Gasteiger partial charge in [-0.05, 0) is 37.5 Å². The molecule has 0 aromatic carbocycles. The van der Waals surface area contributed by atoms with Crippen molar-refractivity contribution in [2.24, 2.45) is 16.3 Å². The highest BCUT2D eigenvalue weighted by Gasteiger charge is 2.37. The van der Waals surface area contributed by atoms with Crippen LogP contribution in [-0.2, 0) is 10.0 Å². The summed E-state index contributed by atoms with van der Waals surface area (Å²) in [6.07, 6.45) is 5.13. The van der Waals surface area contributed by atoms with Gasteiger partial charge in [-0.3, -0.25) is 4.99 Å². The molecule has 0 atom stereocenters. The number of rotatable bonds is 9. The summed E-state index contributed by atoms with van der Waals surface area (Å²) in [6.45, 7) is 8.00. The monoisotopic (exact) mass is 460 g/mol. The third-order valence-electron chi connectivity index (χ3n) is 4.23. The largest absolute Gasteiger partial charge is 0.356 e. The smallest absolute Gasteiger partial charge is 0.211 e. The fourth-order valence-corrected chi connectivity index (χ4v) is 3.59. The van der Waals surface area contributed by atoms with E-state index < -0.39 is 10.0 Å². The van der Waals surface area contributed by atoms with Crippen LogP contribution in [0.3, 0.4) is 0 Å². The molecule has 0 heterocycles. The van der Waals surface area contributed by atoms with E-state index in [0.717, 1.165) is 12.5 Å². The SMILES string of the molecule is CCS(=O)(=O)NCCNC(=NC)NCC1(CC(C)C)CCC1.I. The quantitative estimate of drug-likeness (QED) is 0.213. The zero-order valence-corrected chi connectivity index (χ0v) is 18.0. The average molecular weight is 460 g/mol. The molecule has 0 saturated heterocycles. The van der Waals surface area contributed by atoms with Crippen molar-refractivity contribution in [1.82, 2.24) is 15.4 Å². The molecule has 1 aliphatic carbocycles. The van der Waals surface area contributed by atoms with E-state index in [-0.39, 0.29) is 29.7 Å². The van der Waals surface area contributed by atoms with Gasteiger partial charge in [0, 0.05) is 26.7 Å². The summed E-state index contributed by atoms with van der Waals surface area (Å²) in [7, 11) is -1.38. The molecule has 8 heteroatoms. The molecular formula is C15H33IN4O2S. The lowest BCUT2D eigenvalue weighted by Gasteiger charge is -2.43. The van der Waals surface area contributed by atoms with Crippen molar-refractivity contribution in [2.75, 3.05) is 32.4 Å². The fraction of sp³-hybridized carbons (Fsp3) is 0.933. The van der Waals surface area contributed by atoms with Crippen LogP contribution in [0.25, 0.3) is 0 Å². The van der Waals surface area contributed by atoms with Gasteiger partial charge in [-0.25, -0.2) is 13.1 Å². The Balaban J connectivity index is 0.00000484. The highest BCUT2D eigenvalue weighted by Crippen LogP contribution is 2.45. The minimum Gasteiger partial charge on any atom is -0.356 e. The number of hydrogen-bond acceptors (Lipinski definition) is 3. The van der Waals surface area contributed by atoms with Gasteiger partial charge < -0.3 is 10.6 Å². The van der Waals surface area contributed by atoms with E-state index in [2.05, 4.69) is 34.2 Å². The van der Waals surface area contributed by atoms with Crippen molar-refractivity contribution in [2.45, 2.75) is 46.5 Å². The van der Waals surface area contributed by atoms with Crippen LogP contribution < -0.4 is 15.4 Å². The fourth-order valence-electron chi connectivity index (χ4n) is 2.98. The maximum atomic E-state index is 11.3. The number of halogens is 1. The molecule has 0 unspecified atom stereocenters. The van der Waals surface area contributed by atoms with Crippen LogP contribution in [0.5, 0.6) is 0 Å². The van der Waals surface area contributed by atoms with Crippen molar-refractivity contribution >= 4 is 40.0 Å². The third kappa shape index (κ3) is 8.53. The van der Waals surface area contributed by atoms with Crippen molar-refractivity contribution in [1.29, 1.82) is 0 Å². The normalized spacial score (nSPS) is 17.3. The van der Waals surface area contributed by atoms with Crippen molar-refractivity contribution in [3.05, 3.63) is 0 Å². The highest BCUT2D eigenvalue weighted by atomic mass is 127. The van der Waals surface area contributed by atoms with Gasteiger partial charge in [-0.1, -0.05) is 20.3 Å². The topological polar surface area (TPSA) is 82.6 Å². The summed E-state index contributed by atoms with van der Waals surface area (Å²) in [4.78, 5) is 4.20. The number of guanidine groups is 1. The molecule has 0 spiro atoms. The molecule has 6 nitrogen and oxygen atoms in total. The van der Waals surface area contributed by atoms with E-state index in [0.29, 0.717) is 24.4 Å². The zero-order chi connectivity index (χ0) is 16.6. The van der Waals surface area contributed by atoms with Gasteiger partial charge in [-0.2, -0.15) is 0 Å². The third-order valence-corrected chi connectivity index (χ3v) is 5.63. The first kappa shape index (κ1) is 22.9. The molecule has 3 N–H and O–H groups in total. The van der Waals surface area contributed by atoms with Crippen LogP contribution in [0.4, 0.5) is 0 Å². The Morgan fingerprint density at radius 1 is 1.22 bits per heavy atom. The highest BCUT2D eigenvalue weighted by molar-refractivity contribution is 14.0. The Labute approximate surface area is 158 Å². The van der Waals surface area contributed by atoms with Gasteiger partial charge in [0.2, 0.25) is 10.0 Å². The van der Waals surface area contributed by atoms with Crippen LogP contribution in [0, 0.1) is 11.3 Å². The molecule has 0 aromatic rings. The maximum absolute atomic E-state index is 11.3. The molecule has 1 saturated carbocycles. The molecule has 0 aromatic heterocycles. The van der Waals surface area contributed by atoms with Gasteiger partial charge in [0.1, 0.15) is 0 Å². The summed E-state index contributed by atoms with van der Waals surface area (Å²) in [6, 6.07) is 0. The average Bonchev–Trinajstić information content (AvgIpc) is 2.43. The van der Waals surface area contributed by atoms with E-state index >= 15 is 0 Å². The Hall–Kier alpha value is -0.0900. The molecule has 1 fully saturated rings. The second-order valence-corrected chi connectivity index (χ2v) is 8.70.